The number of aromatic nitrogens is 2. The van der Waals surface area contributed by atoms with Crippen LogP contribution in [0.3, 0.4) is 0 Å². The molecule has 0 saturated carbocycles. The molecule has 2 heteroatoms. The Morgan fingerprint density at radius 2 is 1.27 bits per heavy atom. The molecule has 1 heterocycles. The third kappa shape index (κ3) is 2.05. The van der Waals surface area contributed by atoms with Gasteiger partial charge in [0.15, 0.2) is 0 Å². The number of fused-ring (bicyclic) bond motifs is 2. The molecule has 1 aliphatic carbocycles. The van der Waals surface area contributed by atoms with Crippen LogP contribution >= 0.6 is 0 Å². The third-order valence-corrected chi connectivity index (χ3v) is 7.23. The molecule has 134 valence electrons. The summed E-state index contributed by atoms with van der Waals surface area (Å²) >= 11 is 0. The van der Waals surface area contributed by atoms with Gasteiger partial charge in [-0.25, -0.2) is 9.97 Å². The van der Waals surface area contributed by atoms with Gasteiger partial charge in [0.1, 0.15) is 0 Å². The van der Waals surface area contributed by atoms with Gasteiger partial charge < -0.3 is 0 Å². The van der Waals surface area contributed by atoms with Gasteiger partial charge in [0.05, 0.1) is 25.2 Å². The lowest BCUT2D eigenvalue weighted by molar-refractivity contribution is 0.125. The fraction of sp³-hybridized carbons (Fsp3) is 0.417. The molecule has 0 N–H and O–H groups in total. The van der Waals surface area contributed by atoms with Crippen LogP contribution in [0.1, 0.15) is 61.1 Å². The molecule has 0 bridgehead atoms. The molecule has 4 rings (SSSR count). The maximum absolute atomic E-state index is 9.07. The Bertz CT molecular complexity index is 1110. The highest BCUT2D eigenvalue weighted by Crippen LogP contribution is 2.61. The molecule has 0 spiro atoms. The molecule has 0 saturated heterocycles. The Hall–Kier alpha value is -2.22. The van der Waals surface area contributed by atoms with Gasteiger partial charge in [0, 0.05) is 5.56 Å². The van der Waals surface area contributed by atoms with E-state index in [9.17, 15) is 0 Å². The van der Waals surface area contributed by atoms with Gasteiger partial charge in [-0.3, -0.25) is 0 Å². The molecule has 0 unspecified atom stereocenters. The Morgan fingerprint density at radius 3 is 1.81 bits per heavy atom. The van der Waals surface area contributed by atoms with Crippen LogP contribution in [0.25, 0.3) is 22.3 Å². The molecule has 2 nitrogen and oxygen atoms in total. The largest absolute Gasteiger partial charge is 0.249 e. The number of hydrogen-bond donors (Lipinski definition) is 0. The van der Waals surface area contributed by atoms with Crippen molar-refractivity contribution in [3.8, 4) is 11.3 Å². The molecule has 1 aromatic heterocycles. The second-order valence-electron chi connectivity index (χ2n) is 9.10. The average molecular weight is 347 g/mol. The number of benzene rings is 2. The highest BCUT2D eigenvalue weighted by Gasteiger charge is 2.56. The van der Waals surface area contributed by atoms with E-state index in [2.05, 4.69) is 41.5 Å². The van der Waals surface area contributed by atoms with Crippen LogP contribution in [-0.2, 0) is 10.8 Å². The standard InChI is InChI=1S/C24H28N2/c1-15-21(16-11-9-8-10-12-16)26-20-14-18-17(13-19(20)25-15)22(2,3)24(6,7)23(18,4)5/h8-14H,1-7H3/i13D,14D. The highest BCUT2D eigenvalue weighted by atomic mass is 14.8. The van der Waals surface area contributed by atoms with Crippen LogP contribution in [0.5, 0.6) is 0 Å². The second-order valence-corrected chi connectivity index (χ2v) is 9.10. The van der Waals surface area contributed by atoms with Crippen molar-refractivity contribution in [2.75, 3.05) is 0 Å². The Labute approximate surface area is 159 Å². The van der Waals surface area contributed by atoms with Gasteiger partial charge in [-0.15, -0.1) is 0 Å². The van der Waals surface area contributed by atoms with E-state index in [4.69, 9.17) is 12.7 Å². The first-order chi connectivity index (χ1) is 12.9. The van der Waals surface area contributed by atoms with Crippen molar-refractivity contribution in [2.24, 2.45) is 5.41 Å². The summed E-state index contributed by atoms with van der Waals surface area (Å²) in [7, 11) is 0. The maximum atomic E-state index is 9.07. The van der Waals surface area contributed by atoms with Crippen molar-refractivity contribution in [2.45, 2.75) is 59.3 Å². The van der Waals surface area contributed by atoms with Gasteiger partial charge >= 0.3 is 0 Å². The Morgan fingerprint density at radius 1 is 0.769 bits per heavy atom. The van der Waals surface area contributed by atoms with Crippen molar-refractivity contribution < 1.29 is 2.74 Å². The van der Waals surface area contributed by atoms with Crippen LogP contribution in [0, 0.1) is 12.3 Å². The number of rotatable bonds is 1. The summed E-state index contributed by atoms with van der Waals surface area (Å²) in [6, 6.07) is 10.8. The topological polar surface area (TPSA) is 25.8 Å². The SMILES string of the molecule is [2H]c1c2c(c([2H])c3nc(-c4ccccc4)c(C)nc13)C(C)(C)C(C)(C)C2(C)C. The van der Waals surface area contributed by atoms with Crippen LogP contribution in [-0.4, -0.2) is 9.97 Å². The molecule has 0 atom stereocenters. The molecular weight excluding hydrogens is 316 g/mol. The van der Waals surface area contributed by atoms with Crippen LogP contribution < -0.4 is 0 Å². The van der Waals surface area contributed by atoms with E-state index in [0.29, 0.717) is 23.1 Å². The van der Waals surface area contributed by atoms with Crippen LogP contribution in [0.15, 0.2) is 42.4 Å². The quantitative estimate of drug-likeness (QED) is 0.524. The van der Waals surface area contributed by atoms with E-state index in [1.165, 1.54) is 0 Å². The fourth-order valence-electron chi connectivity index (χ4n) is 4.27. The van der Waals surface area contributed by atoms with Gasteiger partial charge in [-0.1, -0.05) is 71.9 Å². The first-order valence-corrected chi connectivity index (χ1v) is 9.31. The van der Waals surface area contributed by atoms with Crippen LogP contribution in [0.2, 0.25) is 0 Å². The molecule has 0 amide bonds. The van der Waals surface area contributed by atoms with Crippen molar-refractivity contribution in [1.82, 2.24) is 9.97 Å². The Balaban J connectivity index is 2.14. The van der Waals surface area contributed by atoms with E-state index in [0.717, 1.165) is 28.1 Å². The van der Waals surface area contributed by atoms with Crippen molar-refractivity contribution in [3.63, 3.8) is 0 Å². The van der Waals surface area contributed by atoms with Crippen LogP contribution in [0.4, 0.5) is 0 Å². The van der Waals surface area contributed by atoms with Gasteiger partial charge in [-0.05, 0) is 46.4 Å². The monoisotopic (exact) mass is 346 g/mol. The predicted octanol–water partition coefficient (Wildman–Crippen LogP) is 6.20. The molecule has 26 heavy (non-hydrogen) atoms. The van der Waals surface area contributed by atoms with Crippen molar-refractivity contribution in [1.29, 1.82) is 0 Å². The number of aryl methyl sites for hydroxylation is 1. The highest BCUT2D eigenvalue weighted by molar-refractivity contribution is 5.81. The lowest BCUT2D eigenvalue weighted by Gasteiger charge is -2.44. The molecular formula is C24H28N2. The first-order valence-electron chi connectivity index (χ1n) is 10.3. The van der Waals surface area contributed by atoms with E-state index in [1.807, 2.05) is 37.3 Å². The lowest BCUT2D eigenvalue weighted by Crippen LogP contribution is -2.42. The average Bonchev–Trinajstić information content (AvgIpc) is 2.74. The zero-order valence-corrected chi connectivity index (χ0v) is 16.8. The molecule has 0 radical (unpaired) electrons. The van der Waals surface area contributed by atoms with Crippen molar-refractivity contribution >= 4 is 11.0 Å². The smallest absolute Gasteiger partial charge is 0.0922 e. The van der Waals surface area contributed by atoms with Gasteiger partial charge in [0.2, 0.25) is 0 Å². The van der Waals surface area contributed by atoms with Gasteiger partial charge in [-0.2, -0.15) is 0 Å². The zero-order chi connectivity index (χ0) is 20.6. The minimum absolute atomic E-state index is 0.109. The zero-order valence-electron chi connectivity index (χ0n) is 18.8. The summed E-state index contributed by atoms with van der Waals surface area (Å²) in [6.07, 6.45) is 0. The second kappa shape index (κ2) is 5.16. The van der Waals surface area contributed by atoms with Gasteiger partial charge in [0.25, 0.3) is 0 Å². The predicted molar refractivity (Wildman–Crippen MR) is 110 cm³/mol. The third-order valence-electron chi connectivity index (χ3n) is 7.23. The molecule has 1 aliphatic rings. The molecule has 2 aromatic carbocycles. The summed E-state index contributed by atoms with van der Waals surface area (Å²) in [5, 5.41) is 0. The summed E-state index contributed by atoms with van der Waals surface area (Å²) in [6.45, 7) is 15.2. The minimum atomic E-state index is -0.244. The summed E-state index contributed by atoms with van der Waals surface area (Å²) < 4.78 is 18.1. The number of hydrogen-bond acceptors (Lipinski definition) is 2. The molecule has 3 aromatic rings. The van der Waals surface area contributed by atoms with E-state index < -0.39 is 0 Å². The van der Waals surface area contributed by atoms with E-state index in [-0.39, 0.29) is 16.2 Å². The van der Waals surface area contributed by atoms with E-state index >= 15 is 0 Å². The van der Waals surface area contributed by atoms with E-state index in [1.54, 1.807) is 0 Å². The summed E-state index contributed by atoms with van der Waals surface area (Å²) in [5.74, 6) is 0. The Kier molecular flexibility index (Phi) is 2.95. The minimum Gasteiger partial charge on any atom is -0.249 e. The molecule has 0 fully saturated rings. The fourth-order valence-corrected chi connectivity index (χ4v) is 4.27. The first kappa shape index (κ1) is 14.9. The molecule has 0 aliphatic heterocycles. The summed E-state index contributed by atoms with van der Waals surface area (Å²) in [4.78, 5) is 9.65. The van der Waals surface area contributed by atoms with Crippen molar-refractivity contribution in [3.05, 3.63) is 59.2 Å². The normalized spacial score (nSPS) is 20.6. The maximum Gasteiger partial charge on any atom is 0.0922 e. The number of nitrogens with zero attached hydrogens (tertiary/aromatic N) is 2. The summed E-state index contributed by atoms with van der Waals surface area (Å²) in [5.41, 5.74) is 4.97. The lowest BCUT2D eigenvalue weighted by atomic mass is 9.59.